The molecule has 0 aliphatic heterocycles. The van der Waals surface area contributed by atoms with Gasteiger partial charge in [-0.15, -0.1) is 0 Å². The molecule has 2 N–H and O–H groups in total. The van der Waals surface area contributed by atoms with Crippen LogP contribution in [0.15, 0.2) is 70.2 Å². The molecule has 2 amide bonds. The number of hydrogen-bond acceptors (Lipinski definition) is 4. The maximum absolute atomic E-state index is 12.4. The van der Waals surface area contributed by atoms with Gasteiger partial charge in [0.1, 0.15) is 11.5 Å². The summed E-state index contributed by atoms with van der Waals surface area (Å²) in [5.74, 6) is 0.699. The third-order valence-electron chi connectivity index (χ3n) is 3.89. The average molecular weight is 361 g/mol. The van der Waals surface area contributed by atoms with Crippen LogP contribution in [0.1, 0.15) is 37.8 Å². The minimum Gasteiger partial charge on any atom is -0.460 e. The fourth-order valence-electron chi connectivity index (χ4n) is 2.51. The van der Waals surface area contributed by atoms with E-state index in [4.69, 9.17) is 4.42 Å². The van der Waals surface area contributed by atoms with Gasteiger partial charge < -0.3 is 9.73 Å². The minimum absolute atomic E-state index is 0.225. The van der Waals surface area contributed by atoms with Crippen LogP contribution in [-0.2, 0) is 0 Å². The molecule has 6 heteroatoms. The van der Waals surface area contributed by atoms with Gasteiger partial charge in [0.15, 0.2) is 0 Å². The molecule has 0 unspecified atom stereocenters. The van der Waals surface area contributed by atoms with Crippen molar-refractivity contribution in [3.05, 3.63) is 88.9 Å². The van der Waals surface area contributed by atoms with Gasteiger partial charge in [0.05, 0.1) is 6.21 Å². The number of nitrogens with zero attached hydrogens (tertiary/aromatic N) is 1. The van der Waals surface area contributed by atoms with Crippen LogP contribution in [0.5, 0.6) is 0 Å². The zero-order chi connectivity index (χ0) is 19.2. The van der Waals surface area contributed by atoms with E-state index in [1.807, 2.05) is 38.1 Å². The topological polar surface area (TPSA) is 83.7 Å². The Morgan fingerprint density at radius 1 is 0.963 bits per heavy atom. The second kappa shape index (κ2) is 8.14. The number of amides is 2. The lowest BCUT2D eigenvalue weighted by Gasteiger charge is -2.08. The van der Waals surface area contributed by atoms with Crippen LogP contribution in [0.2, 0.25) is 0 Å². The highest BCUT2D eigenvalue weighted by atomic mass is 16.3. The van der Waals surface area contributed by atoms with Crippen LogP contribution < -0.4 is 10.7 Å². The fourth-order valence-corrected chi connectivity index (χ4v) is 2.51. The molecule has 0 bridgehead atoms. The van der Waals surface area contributed by atoms with Gasteiger partial charge >= 0.3 is 0 Å². The van der Waals surface area contributed by atoms with E-state index in [9.17, 15) is 9.59 Å². The number of carbonyl (C=O) groups is 2. The van der Waals surface area contributed by atoms with Gasteiger partial charge in [-0.2, -0.15) is 5.10 Å². The van der Waals surface area contributed by atoms with Gasteiger partial charge in [-0.25, -0.2) is 5.43 Å². The Bertz CT molecular complexity index is 1010. The standard InChI is InChI=1S/C21H19N3O3/c1-14-6-3-4-9-19(14)21(26)23-17-8-5-7-16(12-17)20(25)24-22-13-18-11-10-15(2)27-18/h3-13H,1-2H3,(H,23,26)(H,24,25)/b22-13+. The summed E-state index contributed by atoms with van der Waals surface area (Å²) >= 11 is 0. The van der Waals surface area contributed by atoms with Crippen molar-refractivity contribution >= 4 is 23.7 Å². The smallest absolute Gasteiger partial charge is 0.271 e. The first-order chi connectivity index (χ1) is 13.0. The van der Waals surface area contributed by atoms with Gasteiger partial charge in [0.25, 0.3) is 11.8 Å². The Kier molecular flexibility index (Phi) is 5.47. The second-order valence-electron chi connectivity index (χ2n) is 6.00. The number of carbonyl (C=O) groups excluding carboxylic acids is 2. The van der Waals surface area contributed by atoms with Crippen molar-refractivity contribution in [1.82, 2.24) is 5.43 Å². The van der Waals surface area contributed by atoms with E-state index in [0.29, 0.717) is 22.6 Å². The SMILES string of the molecule is Cc1ccc(/C=N/NC(=O)c2cccc(NC(=O)c3ccccc3C)c2)o1. The van der Waals surface area contributed by atoms with Crippen molar-refractivity contribution < 1.29 is 14.0 Å². The minimum atomic E-state index is -0.387. The largest absolute Gasteiger partial charge is 0.460 e. The number of anilines is 1. The van der Waals surface area contributed by atoms with E-state index < -0.39 is 0 Å². The molecular formula is C21H19N3O3. The van der Waals surface area contributed by atoms with E-state index in [0.717, 1.165) is 11.3 Å². The molecule has 1 heterocycles. The van der Waals surface area contributed by atoms with Gasteiger partial charge in [0, 0.05) is 16.8 Å². The van der Waals surface area contributed by atoms with Gasteiger partial charge in [-0.05, 0) is 55.8 Å². The zero-order valence-corrected chi connectivity index (χ0v) is 15.0. The molecule has 3 rings (SSSR count). The third kappa shape index (κ3) is 4.70. The Morgan fingerprint density at radius 2 is 1.78 bits per heavy atom. The van der Waals surface area contributed by atoms with Gasteiger partial charge in [-0.3, -0.25) is 9.59 Å². The van der Waals surface area contributed by atoms with Crippen LogP contribution in [0, 0.1) is 13.8 Å². The molecule has 1 aromatic heterocycles. The summed E-state index contributed by atoms with van der Waals surface area (Å²) in [5, 5.41) is 6.68. The number of hydrogen-bond donors (Lipinski definition) is 2. The number of aryl methyl sites for hydroxylation is 2. The molecule has 0 saturated heterocycles. The maximum Gasteiger partial charge on any atom is 0.271 e. The molecule has 6 nitrogen and oxygen atoms in total. The monoisotopic (exact) mass is 361 g/mol. The van der Waals surface area contributed by atoms with E-state index in [1.54, 1.807) is 36.4 Å². The summed E-state index contributed by atoms with van der Waals surface area (Å²) in [6, 6.07) is 17.5. The first kappa shape index (κ1) is 18.1. The average Bonchev–Trinajstić information content (AvgIpc) is 3.07. The molecule has 27 heavy (non-hydrogen) atoms. The highest BCUT2D eigenvalue weighted by Gasteiger charge is 2.10. The number of hydrazone groups is 1. The Hall–Kier alpha value is -3.67. The second-order valence-corrected chi connectivity index (χ2v) is 6.00. The lowest BCUT2D eigenvalue weighted by Crippen LogP contribution is -2.18. The van der Waals surface area contributed by atoms with Crippen molar-refractivity contribution in [2.45, 2.75) is 13.8 Å². The summed E-state index contributed by atoms with van der Waals surface area (Å²) in [6.07, 6.45) is 1.43. The van der Waals surface area contributed by atoms with Gasteiger partial charge in [-0.1, -0.05) is 24.3 Å². The summed E-state index contributed by atoms with van der Waals surface area (Å²) in [6.45, 7) is 3.70. The molecule has 0 radical (unpaired) electrons. The quantitative estimate of drug-likeness (QED) is 0.534. The maximum atomic E-state index is 12.4. The first-order valence-electron chi connectivity index (χ1n) is 8.40. The van der Waals surface area contributed by atoms with Crippen molar-refractivity contribution in [1.29, 1.82) is 0 Å². The molecule has 0 aliphatic carbocycles. The number of furan rings is 1. The fraction of sp³-hybridized carbons (Fsp3) is 0.0952. The van der Waals surface area contributed by atoms with Crippen LogP contribution in [0.3, 0.4) is 0 Å². The van der Waals surface area contributed by atoms with Crippen molar-refractivity contribution in [2.75, 3.05) is 5.32 Å². The first-order valence-corrected chi connectivity index (χ1v) is 8.40. The molecule has 0 spiro atoms. The normalized spacial score (nSPS) is 10.7. The Labute approximate surface area is 156 Å². The molecule has 0 saturated carbocycles. The van der Waals surface area contributed by atoms with E-state index in [1.165, 1.54) is 6.21 Å². The number of rotatable bonds is 5. The van der Waals surface area contributed by atoms with Crippen molar-refractivity contribution in [2.24, 2.45) is 5.10 Å². The molecule has 136 valence electrons. The number of benzene rings is 2. The highest BCUT2D eigenvalue weighted by molar-refractivity contribution is 6.06. The van der Waals surface area contributed by atoms with Crippen LogP contribution in [-0.4, -0.2) is 18.0 Å². The number of nitrogens with one attached hydrogen (secondary N) is 2. The predicted molar refractivity (Wildman–Crippen MR) is 104 cm³/mol. The van der Waals surface area contributed by atoms with Crippen LogP contribution in [0.4, 0.5) is 5.69 Å². The molecular weight excluding hydrogens is 342 g/mol. The lowest BCUT2D eigenvalue weighted by molar-refractivity contribution is 0.0953. The van der Waals surface area contributed by atoms with Crippen LogP contribution >= 0.6 is 0 Å². The summed E-state index contributed by atoms with van der Waals surface area (Å²) in [5.41, 5.74) is 4.81. The van der Waals surface area contributed by atoms with Gasteiger partial charge in [0.2, 0.25) is 0 Å². The van der Waals surface area contributed by atoms with Crippen LogP contribution in [0.25, 0.3) is 0 Å². The van der Waals surface area contributed by atoms with E-state index >= 15 is 0 Å². The third-order valence-corrected chi connectivity index (χ3v) is 3.89. The van der Waals surface area contributed by atoms with Crippen molar-refractivity contribution in [3.63, 3.8) is 0 Å². The zero-order valence-electron chi connectivity index (χ0n) is 15.0. The molecule has 0 fully saturated rings. The summed E-state index contributed by atoms with van der Waals surface area (Å²) in [4.78, 5) is 24.6. The Balaban J connectivity index is 1.66. The molecule has 0 atom stereocenters. The molecule has 3 aromatic rings. The van der Waals surface area contributed by atoms with E-state index in [2.05, 4.69) is 15.8 Å². The molecule has 2 aromatic carbocycles. The highest BCUT2D eigenvalue weighted by Crippen LogP contribution is 2.14. The lowest BCUT2D eigenvalue weighted by atomic mass is 10.1. The molecule has 0 aliphatic rings. The Morgan fingerprint density at radius 3 is 2.52 bits per heavy atom. The predicted octanol–water partition coefficient (Wildman–Crippen LogP) is 3.91. The van der Waals surface area contributed by atoms with Crippen molar-refractivity contribution in [3.8, 4) is 0 Å². The van der Waals surface area contributed by atoms with E-state index in [-0.39, 0.29) is 11.8 Å². The summed E-state index contributed by atoms with van der Waals surface area (Å²) < 4.78 is 5.34. The summed E-state index contributed by atoms with van der Waals surface area (Å²) in [7, 11) is 0.